The van der Waals surface area contributed by atoms with E-state index in [1.807, 2.05) is 50.5 Å². The Morgan fingerprint density at radius 1 is 0.926 bits per heavy atom. The van der Waals surface area contributed by atoms with Crippen LogP contribution < -0.4 is 15.5 Å². The summed E-state index contributed by atoms with van der Waals surface area (Å²) in [6.45, 7) is 4.31. The molecule has 5 heteroatoms. The largest absolute Gasteiger partial charge is 0.378 e. The minimum absolute atomic E-state index is 0.343. The Kier molecular flexibility index (Phi) is 5.91. The van der Waals surface area contributed by atoms with Crippen LogP contribution in [-0.2, 0) is 0 Å². The zero-order valence-electron chi connectivity index (χ0n) is 16.4. The third kappa shape index (κ3) is 4.97. The number of hydrogen-bond acceptors (Lipinski definition) is 5. The van der Waals surface area contributed by atoms with E-state index in [4.69, 9.17) is 9.97 Å². The summed E-state index contributed by atoms with van der Waals surface area (Å²) in [5, 5.41) is 6.86. The zero-order valence-corrected chi connectivity index (χ0v) is 16.4. The molecule has 3 aromatic rings. The second-order valence-electron chi connectivity index (χ2n) is 6.85. The van der Waals surface area contributed by atoms with Gasteiger partial charge in [0.25, 0.3) is 0 Å². The van der Waals surface area contributed by atoms with E-state index in [2.05, 4.69) is 53.6 Å². The van der Waals surface area contributed by atoms with Gasteiger partial charge in [-0.05, 0) is 37.6 Å². The first-order valence-corrected chi connectivity index (χ1v) is 9.30. The molecule has 1 atom stereocenters. The molecular weight excluding hydrogens is 334 g/mol. The average Bonchev–Trinajstić information content (AvgIpc) is 2.69. The molecule has 27 heavy (non-hydrogen) atoms. The maximum atomic E-state index is 4.72. The number of anilines is 4. The molecule has 140 valence electrons. The minimum Gasteiger partial charge on any atom is -0.378 e. The van der Waals surface area contributed by atoms with Gasteiger partial charge in [-0.1, -0.05) is 37.3 Å². The van der Waals surface area contributed by atoms with Gasteiger partial charge in [-0.25, -0.2) is 9.97 Å². The lowest BCUT2D eigenvalue weighted by Gasteiger charge is -2.16. The van der Waals surface area contributed by atoms with Crippen LogP contribution in [-0.4, -0.2) is 30.1 Å². The number of hydrogen-bond donors (Lipinski definition) is 2. The van der Waals surface area contributed by atoms with Gasteiger partial charge < -0.3 is 15.5 Å². The van der Waals surface area contributed by atoms with E-state index in [0.29, 0.717) is 11.9 Å². The highest BCUT2D eigenvalue weighted by Gasteiger charge is 2.09. The van der Waals surface area contributed by atoms with Crippen molar-refractivity contribution in [2.75, 3.05) is 29.6 Å². The fourth-order valence-corrected chi connectivity index (χ4v) is 2.65. The highest BCUT2D eigenvalue weighted by atomic mass is 15.1. The SMILES string of the molecule is CCC(C)Nc1cc(Nc2ccc(N(C)C)cc2)nc(-c2ccccc2)n1. The molecule has 0 aliphatic heterocycles. The van der Waals surface area contributed by atoms with Gasteiger partial charge in [-0.2, -0.15) is 0 Å². The molecule has 2 aromatic carbocycles. The van der Waals surface area contributed by atoms with Crippen LogP contribution in [0.25, 0.3) is 11.4 Å². The van der Waals surface area contributed by atoms with Gasteiger partial charge in [-0.3, -0.25) is 0 Å². The predicted molar refractivity (Wildman–Crippen MR) is 115 cm³/mol. The van der Waals surface area contributed by atoms with Gasteiger partial charge in [0.1, 0.15) is 11.6 Å². The van der Waals surface area contributed by atoms with E-state index in [-0.39, 0.29) is 0 Å². The van der Waals surface area contributed by atoms with E-state index < -0.39 is 0 Å². The maximum absolute atomic E-state index is 4.72. The molecule has 3 rings (SSSR count). The number of nitrogens with one attached hydrogen (secondary N) is 2. The van der Waals surface area contributed by atoms with E-state index in [9.17, 15) is 0 Å². The van der Waals surface area contributed by atoms with Crippen LogP contribution >= 0.6 is 0 Å². The van der Waals surface area contributed by atoms with Crippen LogP contribution in [0.1, 0.15) is 20.3 Å². The van der Waals surface area contributed by atoms with Crippen molar-refractivity contribution in [3.05, 3.63) is 60.7 Å². The molecule has 0 aliphatic carbocycles. The molecule has 0 saturated carbocycles. The van der Waals surface area contributed by atoms with Crippen LogP contribution in [0.3, 0.4) is 0 Å². The Bertz CT molecular complexity index is 860. The highest BCUT2D eigenvalue weighted by Crippen LogP contribution is 2.24. The van der Waals surface area contributed by atoms with Crippen molar-refractivity contribution >= 4 is 23.0 Å². The molecule has 0 aliphatic rings. The lowest BCUT2D eigenvalue weighted by molar-refractivity contribution is 0.759. The number of aromatic nitrogens is 2. The normalized spacial score (nSPS) is 11.7. The van der Waals surface area contributed by atoms with E-state index in [1.54, 1.807) is 0 Å². The van der Waals surface area contributed by atoms with Crippen molar-refractivity contribution in [1.82, 2.24) is 9.97 Å². The molecule has 2 N–H and O–H groups in total. The second kappa shape index (κ2) is 8.54. The van der Waals surface area contributed by atoms with Crippen molar-refractivity contribution in [3.8, 4) is 11.4 Å². The predicted octanol–water partition coefficient (Wildman–Crippen LogP) is 5.16. The third-order valence-corrected chi connectivity index (χ3v) is 4.42. The first kappa shape index (κ1) is 18.7. The van der Waals surface area contributed by atoms with Gasteiger partial charge in [0.2, 0.25) is 0 Å². The summed E-state index contributed by atoms with van der Waals surface area (Å²) in [5.41, 5.74) is 3.15. The van der Waals surface area contributed by atoms with Crippen molar-refractivity contribution in [2.45, 2.75) is 26.3 Å². The summed E-state index contributed by atoms with van der Waals surface area (Å²) in [4.78, 5) is 11.5. The number of benzene rings is 2. The smallest absolute Gasteiger partial charge is 0.163 e. The number of rotatable bonds is 7. The minimum atomic E-state index is 0.343. The van der Waals surface area contributed by atoms with Gasteiger partial charge in [0, 0.05) is 43.1 Å². The average molecular weight is 361 g/mol. The van der Waals surface area contributed by atoms with Crippen molar-refractivity contribution in [3.63, 3.8) is 0 Å². The standard InChI is InChI=1S/C22H27N5/c1-5-16(2)23-20-15-21(24-18-11-13-19(14-12-18)27(3)4)26-22(25-20)17-9-7-6-8-10-17/h6-16H,5H2,1-4H3,(H2,23,24,25,26). The Hall–Kier alpha value is -3.08. The zero-order chi connectivity index (χ0) is 19.2. The molecule has 1 heterocycles. The van der Waals surface area contributed by atoms with E-state index in [0.717, 1.165) is 35.0 Å². The molecular formula is C22H27N5. The summed E-state index contributed by atoms with van der Waals surface area (Å²) < 4.78 is 0. The van der Waals surface area contributed by atoms with Crippen molar-refractivity contribution < 1.29 is 0 Å². The van der Waals surface area contributed by atoms with Crippen LogP contribution in [0.4, 0.5) is 23.0 Å². The van der Waals surface area contributed by atoms with E-state index in [1.165, 1.54) is 0 Å². The van der Waals surface area contributed by atoms with Gasteiger partial charge in [-0.15, -0.1) is 0 Å². The first-order chi connectivity index (χ1) is 13.0. The Morgan fingerprint density at radius 3 is 2.22 bits per heavy atom. The van der Waals surface area contributed by atoms with E-state index >= 15 is 0 Å². The summed E-state index contributed by atoms with van der Waals surface area (Å²) in [6, 6.07) is 20.6. The second-order valence-corrected chi connectivity index (χ2v) is 6.85. The van der Waals surface area contributed by atoms with Crippen molar-refractivity contribution in [2.24, 2.45) is 0 Å². The monoisotopic (exact) mass is 361 g/mol. The summed E-state index contributed by atoms with van der Waals surface area (Å²) >= 11 is 0. The molecule has 0 radical (unpaired) electrons. The summed E-state index contributed by atoms with van der Waals surface area (Å²) in [5.74, 6) is 2.30. The summed E-state index contributed by atoms with van der Waals surface area (Å²) in [6.07, 6.45) is 1.03. The molecule has 0 amide bonds. The molecule has 1 aromatic heterocycles. The van der Waals surface area contributed by atoms with Crippen LogP contribution in [0.2, 0.25) is 0 Å². The first-order valence-electron chi connectivity index (χ1n) is 9.30. The van der Waals surface area contributed by atoms with Gasteiger partial charge in [0.05, 0.1) is 0 Å². The molecule has 1 unspecified atom stereocenters. The highest BCUT2D eigenvalue weighted by molar-refractivity contribution is 5.66. The molecule has 0 bridgehead atoms. The quantitative estimate of drug-likeness (QED) is 0.608. The lowest BCUT2D eigenvalue weighted by atomic mass is 10.2. The van der Waals surface area contributed by atoms with Crippen LogP contribution in [0.5, 0.6) is 0 Å². The number of nitrogens with zero attached hydrogens (tertiary/aromatic N) is 3. The fourth-order valence-electron chi connectivity index (χ4n) is 2.65. The van der Waals surface area contributed by atoms with Crippen molar-refractivity contribution in [1.29, 1.82) is 0 Å². The third-order valence-electron chi connectivity index (χ3n) is 4.42. The van der Waals surface area contributed by atoms with Gasteiger partial charge in [0.15, 0.2) is 5.82 Å². The van der Waals surface area contributed by atoms with Crippen LogP contribution in [0, 0.1) is 0 Å². The molecule has 0 spiro atoms. The summed E-state index contributed by atoms with van der Waals surface area (Å²) in [7, 11) is 4.07. The molecule has 0 fully saturated rings. The Labute approximate surface area is 161 Å². The molecule has 5 nitrogen and oxygen atoms in total. The fraction of sp³-hybridized carbons (Fsp3) is 0.273. The molecule has 0 saturated heterocycles. The van der Waals surface area contributed by atoms with Crippen LogP contribution in [0.15, 0.2) is 60.7 Å². The Balaban J connectivity index is 1.91. The topological polar surface area (TPSA) is 53.1 Å². The maximum Gasteiger partial charge on any atom is 0.163 e. The van der Waals surface area contributed by atoms with Gasteiger partial charge >= 0.3 is 0 Å². The Morgan fingerprint density at radius 2 is 1.59 bits per heavy atom. The lowest BCUT2D eigenvalue weighted by Crippen LogP contribution is -2.15.